The summed E-state index contributed by atoms with van der Waals surface area (Å²) in [6, 6.07) is 3.35. The molecule has 23 heavy (non-hydrogen) atoms. The fourth-order valence-electron chi connectivity index (χ4n) is 1.97. The molecular formula is C15H19F2N5O. The van der Waals surface area contributed by atoms with Crippen LogP contribution in [0.25, 0.3) is 0 Å². The smallest absolute Gasteiger partial charge is 0.226 e. The summed E-state index contributed by atoms with van der Waals surface area (Å²) in [7, 11) is 1.61. The van der Waals surface area contributed by atoms with Crippen molar-refractivity contribution in [1.82, 2.24) is 20.8 Å². The van der Waals surface area contributed by atoms with Crippen LogP contribution in [0.5, 0.6) is 0 Å². The predicted octanol–water partition coefficient (Wildman–Crippen LogP) is 1.95. The van der Waals surface area contributed by atoms with Gasteiger partial charge in [0.25, 0.3) is 0 Å². The zero-order valence-corrected chi connectivity index (χ0v) is 13.1. The highest BCUT2D eigenvalue weighted by molar-refractivity contribution is 5.79. The van der Waals surface area contributed by atoms with E-state index in [2.05, 4.69) is 25.8 Å². The predicted molar refractivity (Wildman–Crippen MR) is 81.9 cm³/mol. The van der Waals surface area contributed by atoms with Crippen LogP contribution in [0, 0.1) is 18.6 Å². The van der Waals surface area contributed by atoms with E-state index in [1.165, 1.54) is 0 Å². The van der Waals surface area contributed by atoms with Crippen molar-refractivity contribution in [3.63, 3.8) is 0 Å². The summed E-state index contributed by atoms with van der Waals surface area (Å²) in [5, 5.41) is 9.74. The molecule has 0 atom stereocenters. The summed E-state index contributed by atoms with van der Waals surface area (Å²) in [5.74, 6) is 0.786. The number of guanidine groups is 1. The van der Waals surface area contributed by atoms with Crippen molar-refractivity contribution in [2.24, 2.45) is 4.99 Å². The Morgan fingerprint density at radius 2 is 2.13 bits per heavy atom. The van der Waals surface area contributed by atoms with Gasteiger partial charge in [-0.2, -0.15) is 4.98 Å². The van der Waals surface area contributed by atoms with Gasteiger partial charge in [-0.15, -0.1) is 0 Å². The van der Waals surface area contributed by atoms with Crippen molar-refractivity contribution in [3.05, 3.63) is 47.1 Å². The summed E-state index contributed by atoms with van der Waals surface area (Å²) in [5.41, 5.74) is 0.245. The fraction of sp³-hybridized carbons (Fsp3) is 0.400. The zero-order chi connectivity index (χ0) is 16.7. The second kappa shape index (κ2) is 8.21. The van der Waals surface area contributed by atoms with Crippen LogP contribution in [0.1, 0.15) is 23.7 Å². The molecule has 8 heteroatoms. The van der Waals surface area contributed by atoms with Crippen LogP contribution in [0.4, 0.5) is 8.78 Å². The molecule has 1 aromatic carbocycles. The van der Waals surface area contributed by atoms with Gasteiger partial charge in [0.2, 0.25) is 5.89 Å². The molecule has 124 valence electrons. The quantitative estimate of drug-likeness (QED) is 0.483. The van der Waals surface area contributed by atoms with E-state index < -0.39 is 11.6 Å². The van der Waals surface area contributed by atoms with E-state index in [9.17, 15) is 8.78 Å². The van der Waals surface area contributed by atoms with Crippen molar-refractivity contribution in [2.75, 3.05) is 13.6 Å². The van der Waals surface area contributed by atoms with Gasteiger partial charge in [-0.25, -0.2) is 8.78 Å². The lowest BCUT2D eigenvalue weighted by Crippen LogP contribution is -2.37. The summed E-state index contributed by atoms with van der Waals surface area (Å²) < 4.78 is 31.7. The van der Waals surface area contributed by atoms with Gasteiger partial charge in [0.15, 0.2) is 11.8 Å². The molecule has 0 fully saturated rings. The van der Waals surface area contributed by atoms with Crippen LogP contribution < -0.4 is 10.6 Å². The van der Waals surface area contributed by atoms with Crippen molar-refractivity contribution in [2.45, 2.75) is 26.3 Å². The first-order valence-corrected chi connectivity index (χ1v) is 7.26. The molecular weight excluding hydrogens is 304 g/mol. The fourth-order valence-corrected chi connectivity index (χ4v) is 1.97. The summed E-state index contributed by atoms with van der Waals surface area (Å²) >= 11 is 0. The molecule has 0 saturated heterocycles. The minimum atomic E-state index is -0.471. The summed E-state index contributed by atoms with van der Waals surface area (Å²) in [6.45, 7) is 2.54. The van der Waals surface area contributed by atoms with Crippen molar-refractivity contribution < 1.29 is 13.3 Å². The van der Waals surface area contributed by atoms with Gasteiger partial charge >= 0.3 is 0 Å². The van der Waals surface area contributed by atoms with E-state index in [4.69, 9.17) is 4.52 Å². The highest BCUT2D eigenvalue weighted by Gasteiger charge is 2.06. The zero-order valence-electron chi connectivity index (χ0n) is 13.1. The number of benzene rings is 1. The molecule has 2 aromatic rings. The molecule has 0 amide bonds. The Morgan fingerprint density at radius 1 is 1.30 bits per heavy atom. The van der Waals surface area contributed by atoms with E-state index in [-0.39, 0.29) is 12.1 Å². The van der Waals surface area contributed by atoms with Crippen molar-refractivity contribution >= 4 is 5.96 Å². The van der Waals surface area contributed by atoms with E-state index in [1.807, 2.05) is 0 Å². The summed E-state index contributed by atoms with van der Waals surface area (Å²) in [4.78, 5) is 8.14. The third-order valence-corrected chi connectivity index (χ3v) is 3.11. The van der Waals surface area contributed by atoms with Gasteiger partial charge in [0.1, 0.15) is 11.6 Å². The van der Waals surface area contributed by atoms with Crippen LogP contribution in [0.2, 0.25) is 0 Å². The molecule has 2 N–H and O–H groups in total. The molecule has 0 bridgehead atoms. The van der Waals surface area contributed by atoms with Crippen LogP contribution in [0.15, 0.2) is 27.7 Å². The molecule has 0 radical (unpaired) electrons. The minimum absolute atomic E-state index is 0.145. The van der Waals surface area contributed by atoms with Crippen LogP contribution >= 0.6 is 0 Å². The molecule has 0 aliphatic heterocycles. The molecule has 1 aromatic heterocycles. The maximum Gasteiger partial charge on any atom is 0.226 e. The SMILES string of the molecule is CN=C(NCCCc1nc(C)no1)NCc1cc(F)ccc1F. The first-order chi connectivity index (χ1) is 11.1. The number of nitrogens with zero attached hydrogens (tertiary/aromatic N) is 3. The number of nitrogens with one attached hydrogen (secondary N) is 2. The van der Waals surface area contributed by atoms with Crippen LogP contribution in [0.3, 0.4) is 0 Å². The number of aromatic nitrogens is 2. The Labute approximate surface area is 133 Å². The largest absolute Gasteiger partial charge is 0.356 e. The topological polar surface area (TPSA) is 75.3 Å². The van der Waals surface area contributed by atoms with E-state index in [0.717, 1.165) is 24.6 Å². The molecule has 6 nitrogen and oxygen atoms in total. The Morgan fingerprint density at radius 3 is 2.83 bits per heavy atom. The van der Waals surface area contributed by atoms with E-state index >= 15 is 0 Å². The summed E-state index contributed by atoms with van der Waals surface area (Å²) in [6.07, 6.45) is 1.43. The Bertz CT molecular complexity index is 672. The first kappa shape index (κ1) is 16.9. The van der Waals surface area contributed by atoms with Gasteiger partial charge in [0.05, 0.1) is 0 Å². The third kappa shape index (κ3) is 5.32. The molecule has 0 unspecified atom stereocenters. The Balaban J connectivity index is 1.74. The maximum atomic E-state index is 13.5. The normalized spacial score (nSPS) is 11.6. The van der Waals surface area contributed by atoms with Gasteiger partial charge in [-0.1, -0.05) is 5.16 Å². The molecule has 2 rings (SSSR count). The molecule has 0 spiro atoms. The molecule has 0 aliphatic carbocycles. The minimum Gasteiger partial charge on any atom is -0.356 e. The molecule has 0 saturated carbocycles. The Hall–Kier alpha value is -2.51. The monoisotopic (exact) mass is 323 g/mol. The molecule has 1 heterocycles. The number of halogens is 2. The number of hydrogen-bond donors (Lipinski definition) is 2. The average Bonchev–Trinajstić information content (AvgIpc) is 2.95. The number of rotatable bonds is 6. The number of aryl methyl sites for hydroxylation is 2. The van der Waals surface area contributed by atoms with Gasteiger partial charge in [-0.3, -0.25) is 4.99 Å². The van der Waals surface area contributed by atoms with Gasteiger partial charge < -0.3 is 15.2 Å². The second-order valence-corrected chi connectivity index (χ2v) is 4.93. The lowest BCUT2D eigenvalue weighted by atomic mass is 10.2. The highest BCUT2D eigenvalue weighted by Crippen LogP contribution is 2.09. The van der Waals surface area contributed by atoms with Gasteiger partial charge in [0, 0.05) is 32.1 Å². The lowest BCUT2D eigenvalue weighted by molar-refractivity contribution is 0.372. The number of hydrogen-bond acceptors (Lipinski definition) is 4. The molecule has 0 aliphatic rings. The lowest BCUT2D eigenvalue weighted by Gasteiger charge is -2.12. The first-order valence-electron chi connectivity index (χ1n) is 7.26. The number of aliphatic imine (C=N–C) groups is 1. The standard InChI is InChI=1S/C15H19F2N5O/c1-10-21-14(23-22-10)4-3-7-19-15(18-2)20-9-11-8-12(16)5-6-13(11)17/h5-6,8H,3-4,7,9H2,1-2H3,(H2,18,19,20). The third-order valence-electron chi connectivity index (χ3n) is 3.11. The van der Waals surface area contributed by atoms with Crippen molar-refractivity contribution in [3.8, 4) is 0 Å². The van der Waals surface area contributed by atoms with Crippen LogP contribution in [-0.4, -0.2) is 29.7 Å². The maximum absolute atomic E-state index is 13.5. The van der Waals surface area contributed by atoms with Gasteiger partial charge in [-0.05, 0) is 31.5 Å². The van der Waals surface area contributed by atoms with E-state index in [0.29, 0.717) is 30.6 Å². The second-order valence-electron chi connectivity index (χ2n) is 4.93. The highest BCUT2D eigenvalue weighted by atomic mass is 19.1. The van der Waals surface area contributed by atoms with Crippen molar-refractivity contribution in [1.29, 1.82) is 0 Å². The van der Waals surface area contributed by atoms with Crippen LogP contribution in [-0.2, 0) is 13.0 Å². The average molecular weight is 323 g/mol. The Kier molecular flexibility index (Phi) is 6.02. The van der Waals surface area contributed by atoms with E-state index in [1.54, 1.807) is 14.0 Å².